The first-order valence-electron chi connectivity index (χ1n) is 5.31. The largest absolute Gasteiger partial charge is 0.506 e. The van der Waals surface area contributed by atoms with Crippen molar-refractivity contribution in [3.05, 3.63) is 34.7 Å². The van der Waals surface area contributed by atoms with E-state index in [1.807, 2.05) is 0 Å². The number of aromatic hydroxyl groups is 1. The van der Waals surface area contributed by atoms with Crippen molar-refractivity contribution in [3.63, 3.8) is 0 Å². The molecule has 0 atom stereocenters. The van der Waals surface area contributed by atoms with Crippen LogP contribution in [0.4, 0.5) is 5.69 Å². The van der Waals surface area contributed by atoms with Crippen molar-refractivity contribution in [2.45, 2.75) is 11.9 Å². The van der Waals surface area contributed by atoms with E-state index in [2.05, 4.69) is 25.6 Å². The van der Waals surface area contributed by atoms with Crippen LogP contribution < -0.4 is 4.72 Å². The van der Waals surface area contributed by atoms with Crippen LogP contribution in [0.5, 0.6) is 5.75 Å². The molecule has 0 bridgehead atoms. The number of rotatable bonds is 3. The Balaban J connectivity index is 2.39. The summed E-state index contributed by atoms with van der Waals surface area (Å²) in [5, 5.41) is 9.54. The molecule has 102 valence electrons. The summed E-state index contributed by atoms with van der Waals surface area (Å²) < 4.78 is 28.8. The van der Waals surface area contributed by atoms with Gasteiger partial charge in [0.25, 0.3) is 10.0 Å². The first-order chi connectivity index (χ1) is 8.79. The summed E-state index contributed by atoms with van der Waals surface area (Å²) in [6, 6.07) is 4.48. The molecule has 0 saturated carbocycles. The monoisotopic (exact) mass is 345 g/mol. The number of aryl methyl sites for hydroxylation is 2. The highest BCUT2D eigenvalue weighted by Crippen LogP contribution is 2.28. The third-order valence-corrected chi connectivity index (χ3v) is 4.29. The summed E-state index contributed by atoms with van der Waals surface area (Å²) in [6.07, 6.45) is 1.41. The maximum Gasteiger partial charge on any atom is 0.281 e. The van der Waals surface area contributed by atoms with Crippen molar-refractivity contribution in [2.75, 3.05) is 4.72 Å². The van der Waals surface area contributed by atoms with E-state index >= 15 is 0 Å². The van der Waals surface area contributed by atoms with Crippen LogP contribution in [0.25, 0.3) is 0 Å². The first kappa shape index (κ1) is 13.9. The molecule has 0 fully saturated rings. The van der Waals surface area contributed by atoms with Crippen LogP contribution in [0, 0.1) is 6.92 Å². The van der Waals surface area contributed by atoms with Crippen LogP contribution in [0.1, 0.15) is 5.82 Å². The molecule has 0 unspecified atom stereocenters. The van der Waals surface area contributed by atoms with Crippen molar-refractivity contribution >= 4 is 31.6 Å². The molecule has 0 amide bonds. The normalized spacial score (nSPS) is 11.5. The molecule has 0 saturated heterocycles. The zero-order chi connectivity index (χ0) is 14.2. The molecule has 0 aliphatic carbocycles. The number of phenols is 1. The van der Waals surface area contributed by atoms with Crippen LogP contribution in [0.3, 0.4) is 0 Å². The number of hydrogen-bond acceptors (Lipinski definition) is 4. The van der Waals surface area contributed by atoms with Crippen LogP contribution in [-0.2, 0) is 17.1 Å². The van der Waals surface area contributed by atoms with Gasteiger partial charge in [0.2, 0.25) is 0 Å². The average molecular weight is 346 g/mol. The van der Waals surface area contributed by atoms with Crippen LogP contribution in [-0.4, -0.2) is 23.1 Å². The van der Waals surface area contributed by atoms with Gasteiger partial charge in [-0.2, -0.15) is 8.42 Å². The van der Waals surface area contributed by atoms with E-state index < -0.39 is 10.0 Å². The minimum Gasteiger partial charge on any atom is -0.506 e. The van der Waals surface area contributed by atoms with E-state index in [1.165, 1.54) is 18.3 Å². The molecule has 1 heterocycles. The van der Waals surface area contributed by atoms with Crippen molar-refractivity contribution in [1.29, 1.82) is 0 Å². The number of benzene rings is 1. The Labute approximate surface area is 119 Å². The van der Waals surface area contributed by atoms with Gasteiger partial charge in [-0.25, -0.2) is 4.98 Å². The summed E-state index contributed by atoms with van der Waals surface area (Å²) in [7, 11) is -2.11. The van der Waals surface area contributed by atoms with Gasteiger partial charge in [-0.05, 0) is 25.1 Å². The van der Waals surface area contributed by atoms with E-state index in [4.69, 9.17) is 0 Å². The number of nitrogens with zero attached hydrogens (tertiary/aromatic N) is 2. The Morgan fingerprint density at radius 2 is 2.11 bits per heavy atom. The standard InChI is InChI=1S/C11H12BrN3O3S/c1-7-13-11(6-15(7)2)19(17,18)14-9-5-8(12)3-4-10(9)16/h3-6,14,16H,1-2H3. The molecule has 0 radical (unpaired) electrons. The summed E-state index contributed by atoms with van der Waals surface area (Å²) in [5.74, 6) is 0.429. The maximum atomic E-state index is 12.1. The lowest BCUT2D eigenvalue weighted by atomic mass is 10.3. The highest BCUT2D eigenvalue weighted by molar-refractivity contribution is 9.10. The number of nitrogens with one attached hydrogen (secondary N) is 1. The molecule has 0 aliphatic rings. The van der Waals surface area contributed by atoms with E-state index in [1.54, 1.807) is 24.6 Å². The number of phenolic OH excluding ortho intramolecular Hbond substituents is 1. The van der Waals surface area contributed by atoms with Gasteiger partial charge >= 0.3 is 0 Å². The fourth-order valence-corrected chi connectivity index (χ4v) is 2.91. The summed E-state index contributed by atoms with van der Waals surface area (Å²) in [6.45, 7) is 1.70. The summed E-state index contributed by atoms with van der Waals surface area (Å²) in [5.41, 5.74) is 0.0951. The fraction of sp³-hybridized carbons (Fsp3) is 0.182. The molecule has 0 aliphatic heterocycles. The zero-order valence-corrected chi connectivity index (χ0v) is 12.7. The van der Waals surface area contributed by atoms with Gasteiger partial charge < -0.3 is 9.67 Å². The number of anilines is 1. The van der Waals surface area contributed by atoms with Crippen molar-refractivity contribution < 1.29 is 13.5 Å². The Hall–Kier alpha value is -1.54. The third kappa shape index (κ3) is 2.90. The molecular formula is C11H12BrN3O3S. The zero-order valence-electron chi connectivity index (χ0n) is 10.3. The van der Waals surface area contributed by atoms with Gasteiger partial charge in [0.05, 0.1) is 5.69 Å². The molecule has 19 heavy (non-hydrogen) atoms. The molecule has 1 aromatic heterocycles. The fourth-order valence-electron chi connectivity index (χ4n) is 1.44. The molecular weight excluding hydrogens is 334 g/mol. The molecule has 8 heteroatoms. The van der Waals surface area contributed by atoms with E-state index in [0.717, 1.165) is 0 Å². The van der Waals surface area contributed by atoms with Gasteiger partial charge in [0.1, 0.15) is 11.6 Å². The quantitative estimate of drug-likeness (QED) is 0.833. The minimum absolute atomic E-state index is 0.0909. The average Bonchev–Trinajstić information content (AvgIpc) is 2.65. The Morgan fingerprint density at radius 1 is 1.42 bits per heavy atom. The summed E-state index contributed by atoms with van der Waals surface area (Å²) in [4.78, 5) is 3.95. The maximum absolute atomic E-state index is 12.1. The first-order valence-corrected chi connectivity index (χ1v) is 7.58. The lowest BCUT2D eigenvalue weighted by molar-refractivity contribution is 0.477. The second-order valence-corrected chi connectivity index (χ2v) is 6.55. The van der Waals surface area contributed by atoms with E-state index in [0.29, 0.717) is 10.3 Å². The predicted octanol–water partition coefficient (Wildman–Crippen LogP) is 2.00. The Kier molecular flexibility index (Phi) is 3.55. The van der Waals surface area contributed by atoms with Crippen molar-refractivity contribution in [1.82, 2.24) is 9.55 Å². The van der Waals surface area contributed by atoms with Gasteiger partial charge in [0.15, 0.2) is 5.03 Å². The van der Waals surface area contributed by atoms with Crippen LogP contribution in [0.15, 0.2) is 33.9 Å². The van der Waals surface area contributed by atoms with E-state index in [-0.39, 0.29) is 16.5 Å². The molecule has 1 aromatic carbocycles. The minimum atomic E-state index is -3.82. The number of hydrogen-bond donors (Lipinski definition) is 2. The predicted molar refractivity (Wildman–Crippen MR) is 74.6 cm³/mol. The van der Waals surface area contributed by atoms with Gasteiger partial charge in [-0.1, -0.05) is 15.9 Å². The van der Waals surface area contributed by atoms with Gasteiger partial charge in [0, 0.05) is 17.7 Å². The van der Waals surface area contributed by atoms with Crippen molar-refractivity contribution in [2.24, 2.45) is 7.05 Å². The summed E-state index contributed by atoms with van der Waals surface area (Å²) >= 11 is 3.21. The van der Waals surface area contributed by atoms with Crippen LogP contribution >= 0.6 is 15.9 Å². The molecule has 0 spiro atoms. The van der Waals surface area contributed by atoms with E-state index in [9.17, 15) is 13.5 Å². The number of halogens is 1. The number of imidazole rings is 1. The van der Waals surface area contributed by atoms with Crippen LogP contribution in [0.2, 0.25) is 0 Å². The Morgan fingerprint density at radius 3 is 2.68 bits per heavy atom. The lowest BCUT2D eigenvalue weighted by Crippen LogP contribution is -2.13. The second kappa shape index (κ2) is 4.86. The smallest absolute Gasteiger partial charge is 0.281 e. The SMILES string of the molecule is Cc1nc(S(=O)(=O)Nc2cc(Br)ccc2O)cn1C. The molecule has 2 N–H and O–H groups in total. The highest BCUT2D eigenvalue weighted by atomic mass is 79.9. The second-order valence-electron chi connectivity index (χ2n) is 4.00. The molecule has 2 rings (SSSR count). The van der Waals surface area contributed by atoms with Crippen molar-refractivity contribution in [3.8, 4) is 5.75 Å². The Bertz CT molecular complexity index is 705. The molecule has 2 aromatic rings. The number of aromatic nitrogens is 2. The van der Waals surface area contributed by atoms with Gasteiger partial charge in [-0.15, -0.1) is 0 Å². The van der Waals surface area contributed by atoms with Gasteiger partial charge in [-0.3, -0.25) is 4.72 Å². The third-order valence-electron chi connectivity index (χ3n) is 2.56. The number of sulfonamides is 1. The molecule has 6 nitrogen and oxygen atoms in total. The lowest BCUT2D eigenvalue weighted by Gasteiger charge is -2.08. The topological polar surface area (TPSA) is 84.2 Å². The highest BCUT2D eigenvalue weighted by Gasteiger charge is 2.20.